The van der Waals surface area contributed by atoms with Crippen LogP contribution in [0.1, 0.15) is 29.8 Å². The van der Waals surface area contributed by atoms with Gasteiger partial charge in [0.2, 0.25) is 0 Å². The maximum Gasteiger partial charge on any atom is 0.254 e. The molecule has 1 amide bonds. The van der Waals surface area contributed by atoms with E-state index in [1.807, 2.05) is 39.8 Å². The number of amides is 1. The van der Waals surface area contributed by atoms with Crippen molar-refractivity contribution >= 4 is 5.91 Å². The van der Waals surface area contributed by atoms with Crippen LogP contribution in [0.2, 0.25) is 0 Å². The summed E-state index contributed by atoms with van der Waals surface area (Å²) in [5.74, 6) is 0.134. The first-order valence-corrected chi connectivity index (χ1v) is 6.62. The van der Waals surface area contributed by atoms with Crippen LogP contribution in [0.15, 0.2) is 18.2 Å². The lowest BCUT2D eigenvalue weighted by Gasteiger charge is -2.30. The number of carbonyl (C=O) groups is 1. The Balaban J connectivity index is 2.91. The molecule has 0 aromatic heterocycles. The fourth-order valence-corrected chi connectivity index (χ4v) is 2.19. The van der Waals surface area contributed by atoms with Crippen molar-refractivity contribution in [2.45, 2.75) is 26.8 Å². The van der Waals surface area contributed by atoms with E-state index < -0.39 is 0 Å². The van der Waals surface area contributed by atoms with Crippen molar-refractivity contribution < 1.29 is 9.90 Å². The van der Waals surface area contributed by atoms with Gasteiger partial charge in [0, 0.05) is 24.7 Å². The number of aromatic hydroxyl groups is 1. The molecule has 1 aromatic carbocycles. The van der Waals surface area contributed by atoms with E-state index in [1.54, 1.807) is 18.2 Å². The summed E-state index contributed by atoms with van der Waals surface area (Å²) < 4.78 is 0. The zero-order chi connectivity index (χ0) is 14.6. The van der Waals surface area contributed by atoms with Crippen LogP contribution in [0.4, 0.5) is 0 Å². The summed E-state index contributed by atoms with van der Waals surface area (Å²) in [7, 11) is 3.99. The smallest absolute Gasteiger partial charge is 0.254 e. The lowest BCUT2D eigenvalue weighted by molar-refractivity contribution is 0.0678. The van der Waals surface area contributed by atoms with Gasteiger partial charge in [-0.3, -0.25) is 4.79 Å². The molecule has 1 unspecified atom stereocenters. The highest BCUT2D eigenvalue weighted by Gasteiger charge is 2.20. The van der Waals surface area contributed by atoms with E-state index in [9.17, 15) is 9.90 Å². The van der Waals surface area contributed by atoms with E-state index in [2.05, 4.69) is 4.90 Å². The number of nitrogens with zero attached hydrogens (tertiary/aromatic N) is 2. The molecule has 0 saturated heterocycles. The first-order chi connectivity index (χ1) is 8.86. The van der Waals surface area contributed by atoms with E-state index >= 15 is 0 Å². The topological polar surface area (TPSA) is 43.8 Å². The zero-order valence-corrected chi connectivity index (χ0v) is 12.5. The minimum atomic E-state index is -0.0350. The Morgan fingerprint density at radius 3 is 2.47 bits per heavy atom. The molecule has 19 heavy (non-hydrogen) atoms. The van der Waals surface area contributed by atoms with Gasteiger partial charge in [-0.15, -0.1) is 0 Å². The van der Waals surface area contributed by atoms with Crippen LogP contribution in [-0.4, -0.2) is 54.0 Å². The third kappa shape index (κ3) is 3.96. The number of phenolic OH excluding ortho intramolecular Hbond substituents is 1. The second-order valence-corrected chi connectivity index (χ2v) is 5.20. The number of carbonyl (C=O) groups excluding carboxylic acids is 1. The fraction of sp³-hybridized carbons (Fsp3) is 0.533. The molecule has 0 aliphatic carbocycles. The van der Waals surface area contributed by atoms with Crippen molar-refractivity contribution in [2.75, 3.05) is 27.2 Å². The van der Waals surface area contributed by atoms with Gasteiger partial charge in [-0.25, -0.2) is 0 Å². The third-order valence-electron chi connectivity index (χ3n) is 3.22. The zero-order valence-electron chi connectivity index (χ0n) is 12.5. The average Bonchev–Trinajstić information content (AvgIpc) is 2.32. The van der Waals surface area contributed by atoms with Gasteiger partial charge in [-0.2, -0.15) is 0 Å². The van der Waals surface area contributed by atoms with Crippen molar-refractivity contribution in [3.8, 4) is 5.75 Å². The minimum absolute atomic E-state index is 0.0350. The third-order valence-corrected chi connectivity index (χ3v) is 3.22. The molecule has 0 fully saturated rings. The lowest BCUT2D eigenvalue weighted by atomic mass is 10.1. The fourth-order valence-electron chi connectivity index (χ4n) is 2.19. The Morgan fingerprint density at radius 2 is 2.00 bits per heavy atom. The first kappa shape index (κ1) is 15.5. The van der Waals surface area contributed by atoms with Crippen LogP contribution in [0, 0.1) is 6.92 Å². The van der Waals surface area contributed by atoms with E-state index in [0.29, 0.717) is 12.1 Å². The average molecular weight is 264 g/mol. The molecule has 0 saturated carbocycles. The molecule has 0 aliphatic heterocycles. The van der Waals surface area contributed by atoms with Crippen molar-refractivity contribution in [3.05, 3.63) is 29.3 Å². The summed E-state index contributed by atoms with van der Waals surface area (Å²) in [6.07, 6.45) is 0. The van der Waals surface area contributed by atoms with Crippen LogP contribution in [0.25, 0.3) is 0 Å². The van der Waals surface area contributed by atoms with E-state index in [4.69, 9.17) is 0 Å². The molecule has 1 rings (SSSR count). The summed E-state index contributed by atoms with van der Waals surface area (Å²) in [6, 6.07) is 5.22. The van der Waals surface area contributed by atoms with Crippen LogP contribution >= 0.6 is 0 Å². The number of rotatable bonds is 5. The molecule has 1 atom stereocenters. The van der Waals surface area contributed by atoms with Gasteiger partial charge in [0.25, 0.3) is 5.91 Å². The minimum Gasteiger partial charge on any atom is -0.508 e. The van der Waals surface area contributed by atoms with Gasteiger partial charge in [-0.1, -0.05) is 6.07 Å². The Hall–Kier alpha value is -1.55. The van der Waals surface area contributed by atoms with Gasteiger partial charge >= 0.3 is 0 Å². The number of hydrogen-bond acceptors (Lipinski definition) is 3. The number of benzene rings is 1. The molecule has 0 heterocycles. The van der Waals surface area contributed by atoms with E-state index in [-0.39, 0.29) is 17.7 Å². The monoisotopic (exact) mass is 264 g/mol. The summed E-state index contributed by atoms with van der Waals surface area (Å²) >= 11 is 0. The van der Waals surface area contributed by atoms with Crippen LogP contribution in [-0.2, 0) is 0 Å². The second kappa shape index (κ2) is 6.57. The highest BCUT2D eigenvalue weighted by molar-refractivity contribution is 5.95. The van der Waals surface area contributed by atoms with Gasteiger partial charge in [0.05, 0.1) is 0 Å². The summed E-state index contributed by atoms with van der Waals surface area (Å²) in [5, 5.41) is 9.71. The Morgan fingerprint density at radius 1 is 1.37 bits per heavy atom. The predicted molar refractivity (Wildman–Crippen MR) is 77.6 cm³/mol. The maximum absolute atomic E-state index is 12.5. The first-order valence-electron chi connectivity index (χ1n) is 6.62. The van der Waals surface area contributed by atoms with Gasteiger partial charge in [0.15, 0.2) is 0 Å². The van der Waals surface area contributed by atoms with Crippen molar-refractivity contribution in [1.82, 2.24) is 9.80 Å². The molecule has 0 radical (unpaired) electrons. The van der Waals surface area contributed by atoms with Crippen molar-refractivity contribution in [1.29, 1.82) is 0 Å². The molecular formula is C15H24N2O2. The molecule has 4 nitrogen and oxygen atoms in total. The Kier molecular flexibility index (Phi) is 5.36. The van der Waals surface area contributed by atoms with Crippen molar-refractivity contribution in [2.24, 2.45) is 0 Å². The normalized spacial score (nSPS) is 12.5. The number of phenols is 1. The lowest BCUT2D eigenvalue weighted by Crippen LogP contribution is -2.43. The summed E-state index contributed by atoms with van der Waals surface area (Å²) in [4.78, 5) is 16.3. The SMILES string of the molecule is CCN(C(=O)c1ccc(C)c(O)c1)C(C)CN(C)C. The molecule has 0 spiro atoms. The molecule has 0 aliphatic rings. The molecular weight excluding hydrogens is 240 g/mol. The van der Waals surface area contributed by atoms with Crippen LogP contribution < -0.4 is 0 Å². The molecule has 0 bridgehead atoms. The number of hydrogen-bond donors (Lipinski definition) is 1. The highest BCUT2D eigenvalue weighted by Crippen LogP contribution is 2.19. The van der Waals surface area contributed by atoms with Gasteiger partial charge in [-0.05, 0) is 52.6 Å². The molecule has 106 valence electrons. The molecule has 1 N–H and O–H groups in total. The Bertz CT molecular complexity index is 444. The van der Waals surface area contributed by atoms with Gasteiger partial charge < -0.3 is 14.9 Å². The quantitative estimate of drug-likeness (QED) is 0.886. The van der Waals surface area contributed by atoms with Crippen molar-refractivity contribution in [3.63, 3.8) is 0 Å². The number of likely N-dealkylation sites (N-methyl/N-ethyl adjacent to an activating group) is 2. The van der Waals surface area contributed by atoms with Crippen LogP contribution in [0.5, 0.6) is 5.75 Å². The molecule has 1 aromatic rings. The summed E-state index contributed by atoms with van der Waals surface area (Å²) in [6.45, 7) is 7.29. The predicted octanol–water partition coefficient (Wildman–Crippen LogP) is 2.11. The number of aryl methyl sites for hydroxylation is 1. The largest absolute Gasteiger partial charge is 0.508 e. The van der Waals surface area contributed by atoms with E-state index in [0.717, 1.165) is 12.1 Å². The standard InChI is InChI=1S/C15H24N2O2/c1-6-17(12(3)10-16(4)5)15(19)13-8-7-11(2)14(18)9-13/h7-9,12,18H,6,10H2,1-5H3. The van der Waals surface area contributed by atoms with Crippen LogP contribution in [0.3, 0.4) is 0 Å². The second-order valence-electron chi connectivity index (χ2n) is 5.20. The summed E-state index contributed by atoms with van der Waals surface area (Å²) in [5.41, 5.74) is 1.32. The Labute approximate surface area is 115 Å². The van der Waals surface area contributed by atoms with Gasteiger partial charge in [0.1, 0.15) is 5.75 Å². The van der Waals surface area contributed by atoms with E-state index in [1.165, 1.54) is 0 Å². The highest BCUT2D eigenvalue weighted by atomic mass is 16.3. The molecule has 4 heteroatoms. The maximum atomic E-state index is 12.5.